The highest BCUT2D eigenvalue weighted by molar-refractivity contribution is 5.39. The van der Waals surface area contributed by atoms with Crippen LogP contribution in [0.3, 0.4) is 0 Å². The number of para-hydroxylation sites is 1. The minimum absolute atomic E-state index is 0.472. The number of hydrogen-bond acceptors (Lipinski definition) is 3. The van der Waals surface area contributed by atoms with Gasteiger partial charge in [-0.2, -0.15) is 5.10 Å². The summed E-state index contributed by atoms with van der Waals surface area (Å²) in [7, 11) is 1.95. The van der Waals surface area contributed by atoms with Crippen LogP contribution >= 0.6 is 0 Å². The quantitative estimate of drug-likeness (QED) is 0.829. The fourth-order valence-electron chi connectivity index (χ4n) is 2.49. The Balaban J connectivity index is 1.46. The number of nitrogens with zero attached hydrogens (tertiary/aromatic N) is 2. The standard InChI is InChI=1S/C15H19N3O/c1-18-9-7-13(17-18)6-8-16-10-12-11-19-15-5-3-2-4-14(12)15/h2-5,7,9,12,16H,6,8,10-11H2,1H3. The smallest absolute Gasteiger partial charge is 0.122 e. The van der Waals surface area contributed by atoms with Gasteiger partial charge in [0.2, 0.25) is 0 Å². The van der Waals surface area contributed by atoms with Crippen LogP contribution in [0, 0.1) is 0 Å². The van der Waals surface area contributed by atoms with Crippen LogP contribution in [-0.2, 0) is 13.5 Å². The molecule has 0 aliphatic carbocycles. The predicted octanol–water partition coefficient (Wildman–Crippen LogP) is 1.73. The van der Waals surface area contributed by atoms with Gasteiger partial charge in [0.05, 0.1) is 12.3 Å². The first kappa shape index (κ1) is 12.2. The van der Waals surface area contributed by atoms with Gasteiger partial charge in [0.15, 0.2) is 0 Å². The van der Waals surface area contributed by atoms with E-state index in [0.717, 1.165) is 37.6 Å². The van der Waals surface area contributed by atoms with E-state index in [1.807, 2.05) is 30.1 Å². The molecule has 0 spiro atoms. The van der Waals surface area contributed by atoms with Crippen molar-refractivity contribution in [3.8, 4) is 5.75 Å². The van der Waals surface area contributed by atoms with Crippen molar-refractivity contribution >= 4 is 0 Å². The number of nitrogens with one attached hydrogen (secondary N) is 1. The summed E-state index contributed by atoms with van der Waals surface area (Å²) in [6, 6.07) is 10.4. The molecule has 3 rings (SSSR count). The summed E-state index contributed by atoms with van der Waals surface area (Å²) < 4.78 is 7.52. The third-order valence-corrected chi connectivity index (χ3v) is 3.52. The first-order chi connectivity index (χ1) is 9.33. The number of fused-ring (bicyclic) bond motifs is 1. The molecule has 1 unspecified atom stereocenters. The molecule has 2 heterocycles. The minimum Gasteiger partial charge on any atom is -0.493 e. The van der Waals surface area contributed by atoms with Gasteiger partial charge in [-0.25, -0.2) is 0 Å². The van der Waals surface area contributed by atoms with Gasteiger partial charge < -0.3 is 10.1 Å². The van der Waals surface area contributed by atoms with Crippen molar-refractivity contribution in [3.05, 3.63) is 47.8 Å². The van der Waals surface area contributed by atoms with E-state index in [2.05, 4.69) is 28.6 Å². The van der Waals surface area contributed by atoms with E-state index >= 15 is 0 Å². The number of aryl methyl sites for hydroxylation is 1. The molecule has 0 amide bonds. The highest BCUT2D eigenvalue weighted by Gasteiger charge is 2.22. The summed E-state index contributed by atoms with van der Waals surface area (Å²) in [4.78, 5) is 0. The Morgan fingerprint density at radius 2 is 2.26 bits per heavy atom. The second kappa shape index (κ2) is 5.45. The molecule has 0 saturated carbocycles. The predicted molar refractivity (Wildman–Crippen MR) is 74.5 cm³/mol. The van der Waals surface area contributed by atoms with Gasteiger partial charge in [0.25, 0.3) is 0 Å². The molecule has 0 fully saturated rings. The summed E-state index contributed by atoms with van der Waals surface area (Å²) >= 11 is 0. The van der Waals surface area contributed by atoms with E-state index in [-0.39, 0.29) is 0 Å². The van der Waals surface area contributed by atoms with E-state index < -0.39 is 0 Å². The molecule has 4 heteroatoms. The molecule has 1 aliphatic heterocycles. The maximum atomic E-state index is 5.67. The van der Waals surface area contributed by atoms with E-state index in [9.17, 15) is 0 Å². The Labute approximate surface area is 113 Å². The van der Waals surface area contributed by atoms with Crippen molar-refractivity contribution in [2.45, 2.75) is 12.3 Å². The molecule has 0 radical (unpaired) electrons. The topological polar surface area (TPSA) is 39.1 Å². The lowest BCUT2D eigenvalue weighted by Crippen LogP contribution is -2.24. The highest BCUT2D eigenvalue weighted by atomic mass is 16.5. The lowest BCUT2D eigenvalue weighted by atomic mass is 10.0. The monoisotopic (exact) mass is 257 g/mol. The summed E-state index contributed by atoms with van der Waals surface area (Å²) in [6.45, 7) is 2.70. The fourth-order valence-corrected chi connectivity index (χ4v) is 2.49. The van der Waals surface area contributed by atoms with Crippen molar-refractivity contribution in [1.82, 2.24) is 15.1 Å². The molecule has 1 atom stereocenters. The average molecular weight is 257 g/mol. The molecule has 0 bridgehead atoms. The van der Waals surface area contributed by atoms with E-state index in [4.69, 9.17) is 4.74 Å². The van der Waals surface area contributed by atoms with Crippen LogP contribution in [0.4, 0.5) is 0 Å². The van der Waals surface area contributed by atoms with Crippen LogP contribution in [0.5, 0.6) is 5.75 Å². The molecule has 1 aromatic carbocycles. The number of rotatable bonds is 5. The Kier molecular flexibility index (Phi) is 3.51. The summed E-state index contributed by atoms with van der Waals surface area (Å²) in [5.41, 5.74) is 2.46. The SMILES string of the molecule is Cn1ccc(CCNCC2COc3ccccc32)n1. The summed E-state index contributed by atoms with van der Waals surface area (Å²) in [6.07, 6.45) is 2.95. The normalized spacial score (nSPS) is 17.2. The lowest BCUT2D eigenvalue weighted by molar-refractivity contribution is 0.326. The molecule has 1 aliphatic rings. The van der Waals surface area contributed by atoms with Gasteiger partial charge in [-0.3, -0.25) is 4.68 Å². The summed E-state index contributed by atoms with van der Waals surface area (Å²) in [5, 5.41) is 7.86. The molecular formula is C15H19N3O. The second-order valence-corrected chi connectivity index (χ2v) is 4.98. The maximum absolute atomic E-state index is 5.67. The van der Waals surface area contributed by atoms with Crippen molar-refractivity contribution < 1.29 is 4.74 Å². The number of hydrogen-bond donors (Lipinski definition) is 1. The van der Waals surface area contributed by atoms with Crippen LogP contribution in [0.25, 0.3) is 0 Å². The molecule has 100 valence electrons. The van der Waals surface area contributed by atoms with Crippen LogP contribution in [0.2, 0.25) is 0 Å². The molecule has 0 saturated heterocycles. The van der Waals surface area contributed by atoms with Gasteiger partial charge in [-0.15, -0.1) is 0 Å². The molecule has 2 aromatic rings. The second-order valence-electron chi connectivity index (χ2n) is 4.98. The number of ether oxygens (including phenoxy) is 1. The zero-order valence-corrected chi connectivity index (χ0v) is 11.2. The highest BCUT2D eigenvalue weighted by Crippen LogP contribution is 2.32. The van der Waals surface area contributed by atoms with Crippen molar-refractivity contribution in [2.75, 3.05) is 19.7 Å². The van der Waals surface area contributed by atoms with Gasteiger partial charge in [-0.05, 0) is 12.1 Å². The minimum atomic E-state index is 0.472. The Morgan fingerprint density at radius 3 is 3.11 bits per heavy atom. The zero-order chi connectivity index (χ0) is 13.1. The van der Waals surface area contributed by atoms with Gasteiger partial charge in [0, 0.05) is 44.2 Å². The molecular weight excluding hydrogens is 238 g/mol. The van der Waals surface area contributed by atoms with Crippen molar-refractivity contribution in [1.29, 1.82) is 0 Å². The van der Waals surface area contributed by atoms with Gasteiger partial charge in [0.1, 0.15) is 5.75 Å². The molecule has 19 heavy (non-hydrogen) atoms. The Morgan fingerprint density at radius 1 is 1.37 bits per heavy atom. The maximum Gasteiger partial charge on any atom is 0.122 e. The first-order valence-corrected chi connectivity index (χ1v) is 6.74. The number of benzene rings is 1. The van der Waals surface area contributed by atoms with Crippen LogP contribution in [0.1, 0.15) is 17.2 Å². The Hall–Kier alpha value is -1.81. The third kappa shape index (κ3) is 2.79. The van der Waals surface area contributed by atoms with E-state index in [1.54, 1.807) is 0 Å². The van der Waals surface area contributed by atoms with Crippen LogP contribution in [0.15, 0.2) is 36.5 Å². The zero-order valence-electron chi connectivity index (χ0n) is 11.2. The van der Waals surface area contributed by atoms with Gasteiger partial charge in [-0.1, -0.05) is 18.2 Å². The molecule has 1 N–H and O–H groups in total. The van der Waals surface area contributed by atoms with Crippen molar-refractivity contribution in [3.63, 3.8) is 0 Å². The fraction of sp³-hybridized carbons (Fsp3) is 0.400. The van der Waals surface area contributed by atoms with Crippen LogP contribution < -0.4 is 10.1 Å². The third-order valence-electron chi connectivity index (χ3n) is 3.52. The molecule has 1 aromatic heterocycles. The lowest BCUT2D eigenvalue weighted by Gasteiger charge is -2.09. The largest absolute Gasteiger partial charge is 0.493 e. The first-order valence-electron chi connectivity index (χ1n) is 6.74. The van der Waals surface area contributed by atoms with E-state index in [0.29, 0.717) is 5.92 Å². The summed E-state index contributed by atoms with van der Waals surface area (Å²) in [5.74, 6) is 1.51. The van der Waals surface area contributed by atoms with Crippen LogP contribution in [-0.4, -0.2) is 29.5 Å². The van der Waals surface area contributed by atoms with E-state index in [1.165, 1.54) is 5.56 Å². The Bertz CT molecular complexity index is 550. The average Bonchev–Trinajstić information content (AvgIpc) is 3.02. The van der Waals surface area contributed by atoms with Gasteiger partial charge >= 0.3 is 0 Å². The molecule has 4 nitrogen and oxygen atoms in total. The van der Waals surface area contributed by atoms with Crippen molar-refractivity contribution in [2.24, 2.45) is 7.05 Å². The number of aromatic nitrogens is 2.